The summed E-state index contributed by atoms with van der Waals surface area (Å²) in [5.41, 5.74) is 5.46. The van der Waals surface area contributed by atoms with Crippen LogP contribution in [-0.4, -0.2) is 21.9 Å². The molecule has 1 saturated heterocycles. The molecule has 0 aliphatic carbocycles. The van der Waals surface area contributed by atoms with Crippen molar-refractivity contribution in [3.05, 3.63) is 99.6 Å². The van der Waals surface area contributed by atoms with Crippen LogP contribution in [0.15, 0.2) is 66.2 Å². The number of carbonyl (C=O) groups excluding carboxylic acids is 2. The number of anilines is 1. The fourth-order valence-electron chi connectivity index (χ4n) is 4.44. The number of nitrogens with zero attached hydrogens (tertiary/aromatic N) is 1. The number of phenols is 1. The quantitative estimate of drug-likeness (QED) is 0.270. The lowest BCUT2D eigenvalue weighted by Gasteiger charge is -2.26. The average molecular weight is 470 g/mol. The molecule has 4 rings (SSSR count). The normalized spacial score (nSPS) is 17.8. The van der Waals surface area contributed by atoms with E-state index in [2.05, 4.69) is 20.8 Å². The van der Waals surface area contributed by atoms with Crippen molar-refractivity contribution in [3.63, 3.8) is 0 Å². The van der Waals surface area contributed by atoms with Gasteiger partial charge in [-0.3, -0.25) is 14.5 Å². The molecule has 0 saturated carbocycles. The van der Waals surface area contributed by atoms with Crippen molar-refractivity contribution in [1.29, 1.82) is 0 Å². The molecule has 1 aliphatic rings. The number of hydrogen-bond donors (Lipinski definition) is 2. The molecule has 1 unspecified atom stereocenters. The first-order valence-corrected chi connectivity index (χ1v) is 11.7. The number of Topliss-reactive ketones (excluding diaryl/α,β-unsaturated/α-hetero) is 1. The van der Waals surface area contributed by atoms with Gasteiger partial charge in [-0.2, -0.15) is 0 Å². The Hall–Kier alpha value is -3.86. The first kappa shape index (κ1) is 24.3. The highest BCUT2D eigenvalue weighted by Crippen LogP contribution is 2.43. The van der Waals surface area contributed by atoms with Crippen molar-refractivity contribution < 1.29 is 19.8 Å². The van der Waals surface area contributed by atoms with E-state index < -0.39 is 17.7 Å². The second-order valence-corrected chi connectivity index (χ2v) is 10.3. The van der Waals surface area contributed by atoms with Crippen LogP contribution in [0.2, 0.25) is 0 Å². The molecule has 35 heavy (non-hydrogen) atoms. The molecule has 1 heterocycles. The van der Waals surface area contributed by atoms with Gasteiger partial charge in [-0.25, -0.2) is 0 Å². The number of rotatable bonds is 3. The predicted molar refractivity (Wildman–Crippen MR) is 139 cm³/mol. The smallest absolute Gasteiger partial charge is 0.300 e. The number of benzene rings is 3. The Labute approximate surface area is 206 Å². The fourth-order valence-corrected chi connectivity index (χ4v) is 4.44. The molecule has 180 valence electrons. The summed E-state index contributed by atoms with van der Waals surface area (Å²) in [7, 11) is 0. The third kappa shape index (κ3) is 4.34. The van der Waals surface area contributed by atoms with Gasteiger partial charge in [0.15, 0.2) is 0 Å². The van der Waals surface area contributed by atoms with Gasteiger partial charge in [0.05, 0.1) is 11.6 Å². The maximum atomic E-state index is 13.4. The van der Waals surface area contributed by atoms with Gasteiger partial charge in [0.25, 0.3) is 11.7 Å². The van der Waals surface area contributed by atoms with E-state index in [9.17, 15) is 19.8 Å². The summed E-state index contributed by atoms with van der Waals surface area (Å²) < 4.78 is 0. The van der Waals surface area contributed by atoms with E-state index in [1.54, 1.807) is 12.1 Å². The molecule has 1 aliphatic heterocycles. The lowest BCUT2D eigenvalue weighted by atomic mass is 9.84. The number of phenolic OH excluding ortho intramolecular Hbond substituents is 1. The van der Waals surface area contributed by atoms with Crippen LogP contribution >= 0.6 is 0 Å². The Balaban J connectivity index is 1.98. The highest BCUT2D eigenvalue weighted by molar-refractivity contribution is 6.51. The van der Waals surface area contributed by atoms with Crippen LogP contribution in [0.5, 0.6) is 5.75 Å². The van der Waals surface area contributed by atoms with Gasteiger partial charge in [0.2, 0.25) is 0 Å². The highest BCUT2D eigenvalue weighted by Gasteiger charge is 2.47. The first-order valence-electron chi connectivity index (χ1n) is 11.7. The fraction of sp³-hybridized carbons (Fsp3) is 0.267. The van der Waals surface area contributed by atoms with E-state index in [4.69, 9.17) is 0 Å². The number of aliphatic hydroxyl groups excluding tert-OH is 1. The molecule has 3 aromatic carbocycles. The van der Waals surface area contributed by atoms with Gasteiger partial charge in [-0.1, -0.05) is 51.1 Å². The van der Waals surface area contributed by atoms with Crippen molar-refractivity contribution in [2.75, 3.05) is 4.90 Å². The molecule has 3 aromatic rings. The third-order valence-corrected chi connectivity index (χ3v) is 6.78. The van der Waals surface area contributed by atoms with Crippen LogP contribution in [0.3, 0.4) is 0 Å². The molecule has 1 fully saturated rings. The molecule has 0 radical (unpaired) electrons. The zero-order valence-electron chi connectivity index (χ0n) is 21.0. The van der Waals surface area contributed by atoms with E-state index in [1.165, 1.54) is 17.0 Å². The van der Waals surface area contributed by atoms with Crippen LogP contribution < -0.4 is 4.90 Å². The van der Waals surface area contributed by atoms with Crippen LogP contribution in [0.1, 0.15) is 60.2 Å². The Morgan fingerprint density at radius 1 is 0.829 bits per heavy atom. The van der Waals surface area contributed by atoms with Crippen LogP contribution in [0.4, 0.5) is 5.69 Å². The third-order valence-electron chi connectivity index (χ3n) is 6.78. The van der Waals surface area contributed by atoms with E-state index in [-0.39, 0.29) is 22.5 Å². The summed E-state index contributed by atoms with van der Waals surface area (Å²) in [5.74, 6) is -1.56. The minimum absolute atomic E-state index is 0.0353. The maximum Gasteiger partial charge on any atom is 0.300 e. The van der Waals surface area contributed by atoms with Crippen molar-refractivity contribution in [1.82, 2.24) is 0 Å². The van der Waals surface area contributed by atoms with Gasteiger partial charge in [0.1, 0.15) is 11.5 Å². The standard InChI is InChI=1S/C30H31NO4/c1-17-8-12-22(15-19(17)3)31-26(20-9-13-23(32)14-10-20)25(28(34)29(31)35)27(33)24-16-21(30(4,5)6)11-7-18(24)2/h7-16,26,32-33H,1-6H3/b27-25+. The summed E-state index contributed by atoms with van der Waals surface area (Å²) in [6, 6.07) is 17.0. The largest absolute Gasteiger partial charge is 0.508 e. The number of carbonyl (C=O) groups is 2. The summed E-state index contributed by atoms with van der Waals surface area (Å²) in [5, 5.41) is 21.4. The van der Waals surface area contributed by atoms with E-state index in [0.29, 0.717) is 16.8 Å². The van der Waals surface area contributed by atoms with Gasteiger partial charge in [-0.05, 0) is 84.3 Å². The van der Waals surface area contributed by atoms with Crippen molar-refractivity contribution >= 4 is 23.1 Å². The lowest BCUT2D eigenvalue weighted by molar-refractivity contribution is -0.132. The minimum Gasteiger partial charge on any atom is -0.508 e. The zero-order chi connectivity index (χ0) is 25.7. The molecule has 2 N–H and O–H groups in total. The Kier molecular flexibility index (Phi) is 6.05. The van der Waals surface area contributed by atoms with E-state index >= 15 is 0 Å². The average Bonchev–Trinajstić information content (AvgIpc) is 3.06. The molecule has 1 amide bonds. The maximum absolute atomic E-state index is 13.4. The molecule has 1 atom stereocenters. The molecule has 0 aromatic heterocycles. The second-order valence-electron chi connectivity index (χ2n) is 10.3. The summed E-state index contributed by atoms with van der Waals surface area (Å²) in [4.78, 5) is 28.3. The molecule has 0 bridgehead atoms. The van der Waals surface area contributed by atoms with Gasteiger partial charge in [-0.15, -0.1) is 0 Å². The van der Waals surface area contributed by atoms with Crippen LogP contribution in [-0.2, 0) is 15.0 Å². The first-order chi connectivity index (χ1) is 16.4. The van der Waals surface area contributed by atoms with Crippen molar-refractivity contribution in [2.24, 2.45) is 0 Å². The monoisotopic (exact) mass is 469 g/mol. The number of aliphatic hydroxyl groups is 1. The molecular weight excluding hydrogens is 438 g/mol. The van der Waals surface area contributed by atoms with Gasteiger partial charge in [0, 0.05) is 11.3 Å². The van der Waals surface area contributed by atoms with Gasteiger partial charge < -0.3 is 10.2 Å². The number of hydrogen-bond acceptors (Lipinski definition) is 4. The second kappa shape index (κ2) is 8.73. The minimum atomic E-state index is -0.838. The molecule has 0 spiro atoms. The Morgan fingerprint density at radius 2 is 1.46 bits per heavy atom. The summed E-state index contributed by atoms with van der Waals surface area (Å²) in [6.45, 7) is 12.0. The Morgan fingerprint density at radius 3 is 2.06 bits per heavy atom. The lowest BCUT2D eigenvalue weighted by Crippen LogP contribution is -2.29. The molecule has 5 nitrogen and oxygen atoms in total. The number of aryl methyl sites for hydroxylation is 3. The van der Waals surface area contributed by atoms with Crippen LogP contribution in [0.25, 0.3) is 5.76 Å². The highest BCUT2D eigenvalue weighted by atomic mass is 16.3. The number of aromatic hydroxyl groups is 1. The number of amides is 1. The topological polar surface area (TPSA) is 77.8 Å². The summed E-state index contributed by atoms with van der Waals surface area (Å²) >= 11 is 0. The van der Waals surface area contributed by atoms with E-state index in [0.717, 1.165) is 22.3 Å². The molecular formula is C30H31NO4. The summed E-state index contributed by atoms with van der Waals surface area (Å²) in [6.07, 6.45) is 0. The van der Waals surface area contributed by atoms with Crippen molar-refractivity contribution in [2.45, 2.75) is 53.0 Å². The SMILES string of the molecule is Cc1ccc(N2C(=O)C(=O)/C(=C(/O)c3cc(C(C)(C)C)ccc3C)C2c2ccc(O)cc2)cc1C. The zero-order valence-corrected chi connectivity index (χ0v) is 21.0. The van der Waals surface area contributed by atoms with Crippen LogP contribution in [0, 0.1) is 20.8 Å². The van der Waals surface area contributed by atoms with E-state index in [1.807, 2.05) is 57.2 Å². The van der Waals surface area contributed by atoms with Crippen molar-refractivity contribution in [3.8, 4) is 5.75 Å². The van der Waals surface area contributed by atoms with Gasteiger partial charge >= 0.3 is 0 Å². The molecule has 5 heteroatoms. The predicted octanol–water partition coefficient (Wildman–Crippen LogP) is 6.24. The Bertz CT molecular complexity index is 1360. The number of ketones is 1.